The summed E-state index contributed by atoms with van der Waals surface area (Å²) in [6, 6.07) is 9.52. The lowest BCUT2D eigenvalue weighted by molar-refractivity contribution is -0.140. The van der Waals surface area contributed by atoms with Crippen molar-refractivity contribution in [2.24, 2.45) is 0 Å². The Labute approximate surface area is 197 Å². The molecule has 0 radical (unpaired) electrons. The highest BCUT2D eigenvalue weighted by Crippen LogP contribution is 2.29. The molecule has 4 nitrogen and oxygen atoms in total. The van der Waals surface area contributed by atoms with Crippen molar-refractivity contribution in [2.75, 3.05) is 6.54 Å². The minimum atomic E-state index is -0.683. The smallest absolute Gasteiger partial charge is 0.242 e. The highest BCUT2D eigenvalue weighted by Gasteiger charge is 2.30. The monoisotopic (exact) mass is 488 g/mol. The average Bonchev–Trinajstić information content (AvgIpc) is 2.71. The summed E-state index contributed by atoms with van der Waals surface area (Å²) in [6.07, 6.45) is 1.18. The number of carbonyl (C=O) groups excluding carboxylic acids is 2. The van der Waals surface area contributed by atoms with Crippen molar-refractivity contribution in [1.82, 2.24) is 10.2 Å². The maximum Gasteiger partial charge on any atom is 0.242 e. The van der Waals surface area contributed by atoms with Crippen LogP contribution in [0.4, 0.5) is 0 Å². The topological polar surface area (TPSA) is 49.4 Å². The molecule has 0 aliphatic rings. The Morgan fingerprint density at radius 2 is 1.40 bits per heavy atom. The molecule has 0 saturated carbocycles. The Bertz CT molecular complexity index is 864. The van der Waals surface area contributed by atoms with Gasteiger partial charge in [0.05, 0.1) is 6.42 Å². The fourth-order valence-electron chi connectivity index (χ4n) is 3.09. The largest absolute Gasteiger partial charge is 0.354 e. The van der Waals surface area contributed by atoms with Gasteiger partial charge in [-0.1, -0.05) is 72.4 Å². The van der Waals surface area contributed by atoms with Crippen molar-refractivity contribution < 1.29 is 9.59 Å². The van der Waals surface area contributed by atoms with E-state index in [1.54, 1.807) is 36.4 Å². The zero-order valence-electron chi connectivity index (χ0n) is 16.9. The van der Waals surface area contributed by atoms with Gasteiger partial charge >= 0.3 is 0 Å². The number of halogens is 4. The summed E-state index contributed by atoms with van der Waals surface area (Å²) in [5.41, 5.74) is 1.10. The molecule has 0 bridgehead atoms. The number of nitrogens with zero attached hydrogens (tertiary/aromatic N) is 1. The standard InChI is InChI=1S/C22H24Cl4N2O2/c1-3-11-27-22(30)20(4-2)28(13-15-18(25)9-6-10-19(15)26)21(29)12-14-16(23)7-5-8-17(14)24/h5-10,20H,3-4,11-13H2,1-2H3,(H,27,30)/t20-/m1/s1. The average molecular weight is 490 g/mol. The first-order valence-electron chi connectivity index (χ1n) is 9.73. The van der Waals surface area contributed by atoms with E-state index in [1.165, 1.54) is 4.90 Å². The molecule has 1 N–H and O–H groups in total. The highest BCUT2D eigenvalue weighted by molar-refractivity contribution is 6.36. The molecule has 2 aromatic carbocycles. The van der Waals surface area contributed by atoms with Gasteiger partial charge in [0.25, 0.3) is 0 Å². The molecule has 30 heavy (non-hydrogen) atoms. The number of hydrogen-bond donors (Lipinski definition) is 1. The second-order valence-electron chi connectivity index (χ2n) is 6.81. The van der Waals surface area contributed by atoms with Gasteiger partial charge in [0.15, 0.2) is 0 Å². The van der Waals surface area contributed by atoms with E-state index in [0.717, 1.165) is 6.42 Å². The quantitative estimate of drug-likeness (QED) is 0.457. The Hall–Kier alpha value is -1.46. The van der Waals surface area contributed by atoms with E-state index in [-0.39, 0.29) is 24.8 Å². The molecule has 0 fully saturated rings. The summed E-state index contributed by atoms with van der Waals surface area (Å²) in [7, 11) is 0. The van der Waals surface area contributed by atoms with Crippen LogP contribution in [0.15, 0.2) is 36.4 Å². The molecular weight excluding hydrogens is 466 g/mol. The van der Waals surface area contributed by atoms with E-state index in [1.807, 2.05) is 13.8 Å². The Balaban J connectivity index is 2.41. The summed E-state index contributed by atoms with van der Waals surface area (Å²) in [6.45, 7) is 4.44. The molecule has 2 rings (SSSR count). The molecule has 2 aromatic rings. The number of rotatable bonds is 9. The van der Waals surface area contributed by atoms with E-state index in [0.29, 0.717) is 44.2 Å². The van der Waals surface area contributed by atoms with Crippen molar-refractivity contribution in [3.8, 4) is 0 Å². The lowest BCUT2D eigenvalue weighted by atomic mass is 10.1. The van der Waals surface area contributed by atoms with Crippen LogP contribution in [-0.4, -0.2) is 29.3 Å². The summed E-state index contributed by atoms with van der Waals surface area (Å²) >= 11 is 25.2. The zero-order chi connectivity index (χ0) is 22.3. The van der Waals surface area contributed by atoms with Gasteiger partial charge in [0.1, 0.15) is 6.04 Å². The molecule has 0 heterocycles. The summed E-state index contributed by atoms with van der Waals surface area (Å²) in [4.78, 5) is 27.7. The van der Waals surface area contributed by atoms with Crippen LogP contribution in [0.1, 0.15) is 37.8 Å². The van der Waals surface area contributed by atoms with Crippen LogP contribution in [0, 0.1) is 0 Å². The van der Waals surface area contributed by atoms with Crippen LogP contribution in [0.2, 0.25) is 20.1 Å². The van der Waals surface area contributed by atoms with Gasteiger partial charge in [0.2, 0.25) is 11.8 Å². The van der Waals surface area contributed by atoms with Crippen LogP contribution in [-0.2, 0) is 22.6 Å². The fourth-order valence-corrected chi connectivity index (χ4v) is 4.14. The summed E-state index contributed by atoms with van der Waals surface area (Å²) in [5, 5.41) is 4.53. The maximum atomic E-state index is 13.4. The van der Waals surface area contributed by atoms with Crippen LogP contribution in [0.3, 0.4) is 0 Å². The van der Waals surface area contributed by atoms with Crippen LogP contribution >= 0.6 is 46.4 Å². The Morgan fingerprint density at radius 1 is 0.900 bits per heavy atom. The molecule has 0 unspecified atom stereocenters. The van der Waals surface area contributed by atoms with Crippen molar-refractivity contribution in [3.05, 3.63) is 67.6 Å². The predicted molar refractivity (Wildman–Crippen MR) is 125 cm³/mol. The van der Waals surface area contributed by atoms with Crippen molar-refractivity contribution in [1.29, 1.82) is 0 Å². The minimum Gasteiger partial charge on any atom is -0.354 e. The third kappa shape index (κ3) is 6.27. The van der Waals surface area contributed by atoms with Gasteiger partial charge in [-0.3, -0.25) is 9.59 Å². The third-order valence-electron chi connectivity index (χ3n) is 4.71. The van der Waals surface area contributed by atoms with E-state index < -0.39 is 6.04 Å². The number of nitrogens with one attached hydrogen (secondary N) is 1. The molecule has 0 aliphatic heterocycles. The Kier molecular flexibility index (Phi) is 9.76. The molecule has 0 aromatic heterocycles. The van der Waals surface area contributed by atoms with Crippen molar-refractivity contribution >= 4 is 58.2 Å². The van der Waals surface area contributed by atoms with Crippen molar-refractivity contribution in [2.45, 2.75) is 45.7 Å². The van der Waals surface area contributed by atoms with E-state index in [4.69, 9.17) is 46.4 Å². The van der Waals surface area contributed by atoms with Crippen LogP contribution in [0.25, 0.3) is 0 Å². The zero-order valence-corrected chi connectivity index (χ0v) is 19.9. The van der Waals surface area contributed by atoms with Crippen LogP contribution in [0.5, 0.6) is 0 Å². The normalized spacial score (nSPS) is 11.8. The fraction of sp³-hybridized carbons (Fsp3) is 0.364. The number of amides is 2. The lowest BCUT2D eigenvalue weighted by Crippen LogP contribution is -2.49. The number of hydrogen-bond acceptors (Lipinski definition) is 2. The molecule has 1 atom stereocenters. The van der Waals surface area contributed by atoms with Gasteiger partial charge < -0.3 is 10.2 Å². The molecule has 2 amide bonds. The SMILES string of the molecule is CCCNC(=O)[C@@H](CC)N(Cc1c(Cl)cccc1Cl)C(=O)Cc1c(Cl)cccc1Cl. The minimum absolute atomic E-state index is 0.0435. The molecule has 8 heteroatoms. The van der Waals surface area contributed by atoms with E-state index in [9.17, 15) is 9.59 Å². The molecule has 162 valence electrons. The number of benzene rings is 2. The summed E-state index contributed by atoms with van der Waals surface area (Å²) < 4.78 is 0. The first kappa shape index (κ1) is 24.8. The molecule has 0 saturated heterocycles. The van der Waals surface area contributed by atoms with E-state index >= 15 is 0 Å². The third-order valence-corrected chi connectivity index (χ3v) is 6.13. The highest BCUT2D eigenvalue weighted by atomic mass is 35.5. The molecule has 0 aliphatic carbocycles. The lowest BCUT2D eigenvalue weighted by Gasteiger charge is -2.31. The van der Waals surface area contributed by atoms with Gasteiger partial charge in [0, 0.05) is 38.7 Å². The first-order chi connectivity index (χ1) is 14.3. The summed E-state index contributed by atoms with van der Waals surface area (Å²) in [5.74, 6) is -0.513. The van der Waals surface area contributed by atoms with Crippen LogP contribution < -0.4 is 5.32 Å². The van der Waals surface area contributed by atoms with Crippen molar-refractivity contribution in [3.63, 3.8) is 0 Å². The first-order valence-corrected chi connectivity index (χ1v) is 11.2. The van der Waals surface area contributed by atoms with Gasteiger partial charge in [-0.2, -0.15) is 0 Å². The van der Waals surface area contributed by atoms with Gasteiger partial charge in [-0.25, -0.2) is 0 Å². The molecule has 0 spiro atoms. The van der Waals surface area contributed by atoms with Gasteiger partial charge in [-0.05, 0) is 42.7 Å². The Morgan fingerprint density at radius 3 is 1.87 bits per heavy atom. The maximum absolute atomic E-state index is 13.4. The van der Waals surface area contributed by atoms with E-state index in [2.05, 4.69) is 5.32 Å². The predicted octanol–water partition coefficient (Wildman–Crippen LogP) is 6.18. The molecular formula is C22H24Cl4N2O2. The van der Waals surface area contributed by atoms with Gasteiger partial charge in [-0.15, -0.1) is 0 Å². The number of carbonyl (C=O) groups is 2. The second-order valence-corrected chi connectivity index (χ2v) is 8.44. The second kappa shape index (κ2) is 11.8.